The summed E-state index contributed by atoms with van der Waals surface area (Å²) in [5.74, 6) is 0.796. The van der Waals surface area contributed by atoms with Crippen molar-refractivity contribution >= 4 is 11.8 Å². The van der Waals surface area contributed by atoms with Gasteiger partial charge >= 0.3 is 0 Å². The maximum atomic E-state index is 12.6. The van der Waals surface area contributed by atoms with Crippen LogP contribution >= 0.6 is 0 Å². The van der Waals surface area contributed by atoms with Gasteiger partial charge in [0.1, 0.15) is 5.75 Å². The Morgan fingerprint density at radius 3 is 2.41 bits per heavy atom. The number of aryl methyl sites for hydroxylation is 1. The lowest BCUT2D eigenvalue weighted by molar-refractivity contribution is -0.139. The first-order valence-corrected chi connectivity index (χ1v) is 9.85. The predicted molar refractivity (Wildman–Crippen MR) is 104 cm³/mol. The van der Waals surface area contributed by atoms with Gasteiger partial charge in [-0.3, -0.25) is 14.5 Å². The third-order valence-corrected chi connectivity index (χ3v) is 6.37. The minimum absolute atomic E-state index is 0.0639. The van der Waals surface area contributed by atoms with Crippen molar-refractivity contribution in [3.05, 3.63) is 29.8 Å². The van der Waals surface area contributed by atoms with E-state index in [4.69, 9.17) is 10.5 Å². The zero-order chi connectivity index (χ0) is 19.4. The molecule has 1 spiro atoms. The number of methoxy groups -OCH3 is 1. The zero-order valence-electron chi connectivity index (χ0n) is 16.4. The molecule has 0 aromatic heterocycles. The van der Waals surface area contributed by atoms with Gasteiger partial charge < -0.3 is 15.4 Å². The van der Waals surface area contributed by atoms with Crippen LogP contribution in [0, 0.1) is 5.41 Å². The Balaban J connectivity index is 1.54. The second-order valence-corrected chi connectivity index (χ2v) is 7.98. The van der Waals surface area contributed by atoms with E-state index in [1.54, 1.807) is 7.11 Å². The number of ether oxygens (including phenoxy) is 1. The number of benzene rings is 1. The highest BCUT2D eigenvalue weighted by atomic mass is 16.5. The summed E-state index contributed by atoms with van der Waals surface area (Å²) >= 11 is 0. The van der Waals surface area contributed by atoms with Gasteiger partial charge in [-0.25, -0.2) is 0 Å². The highest BCUT2D eigenvalue weighted by molar-refractivity contribution is 5.81. The number of carbonyl (C=O) groups excluding carboxylic acids is 2. The molecular formula is C21H31N3O3. The molecule has 148 valence electrons. The van der Waals surface area contributed by atoms with Gasteiger partial charge in [0.25, 0.3) is 0 Å². The molecule has 6 heteroatoms. The van der Waals surface area contributed by atoms with Crippen molar-refractivity contribution < 1.29 is 14.3 Å². The van der Waals surface area contributed by atoms with E-state index < -0.39 is 0 Å². The van der Waals surface area contributed by atoms with Gasteiger partial charge in [0, 0.05) is 19.5 Å². The lowest BCUT2D eigenvalue weighted by Crippen LogP contribution is -2.60. The smallest absolute Gasteiger partial charge is 0.235 e. The molecule has 3 rings (SSSR count). The fraction of sp³-hybridized carbons (Fsp3) is 0.619. The van der Waals surface area contributed by atoms with Crippen LogP contribution < -0.4 is 10.5 Å². The normalized spacial score (nSPS) is 22.6. The molecule has 1 atom stereocenters. The van der Waals surface area contributed by atoms with E-state index in [0.29, 0.717) is 6.42 Å². The summed E-state index contributed by atoms with van der Waals surface area (Å²) in [6.07, 6.45) is 5.08. The number of hydrogen-bond acceptors (Lipinski definition) is 4. The van der Waals surface area contributed by atoms with E-state index in [0.717, 1.165) is 63.1 Å². The molecule has 2 fully saturated rings. The van der Waals surface area contributed by atoms with Gasteiger partial charge in [-0.15, -0.1) is 0 Å². The van der Waals surface area contributed by atoms with Crippen molar-refractivity contribution in [2.24, 2.45) is 11.1 Å². The maximum Gasteiger partial charge on any atom is 0.235 e. The molecule has 1 aromatic rings. The molecule has 2 N–H and O–H groups in total. The molecular weight excluding hydrogens is 342 g/mol. The standard InChI is InChI=1S/C21H31N3O3/c1-23-13-3-10-21(19(23)20(22)26)11-14-24(15-12-21)18(25)9-6-16-4-7-17(27-2)8-5-16/h4-5,7-8,19H,3,6,9-15H2,1-2H3,(H2,22,26). The third kappa shape index (κ3) is 4.26. The topological polar surface area (TPSA) is 75.9 Å². The molecule has 6 nitrogen and oxygen atoms in total. The fourth-order valence-electron chi connectivity index (χ4n) is 4.86. The van der Waals surface area contributed by atoms with Crippen LogP contribution in [0.4, 0.5) is 0 Å². The Hall–Kier alpha value is -2.08. The summed E-state index contributed by atoms with van der Waals surface area (Å²) in [6.45, 7) is 2.36. The average molecular weight is 373 g/mol. The predicted octanol–water partition coefficient (Wildman–Crippen LogP) is 1.82. The lowest BCUT2D eigenvalue weighted by Gasteiger charge is -2.51. The van der Waals surface area contributed by atoms with Crippen LogP contribution in [0.3, 0.4) is 0 Å². The number of likely N-dealkylation sites (tertiary alicyclic amines) is 2. The van der Waals surface area contributed by atoms with Crippen molar-refractivity contribution in [2.45, 2.75) is 44.6 Å². The van der Waals surface area contributed by atoms with Gasteiger partial charge in [-0.2, -0.15) is 0 Å². The van der Waals surface area contributed by atoms with Gasteiger partial charge in [-0.1, -0.05) is 12.1 Å². The molecule has 0 aliphatic carbocycles. The van der Waals surface area contributed by atoms with Crippen LogP contribution in [0.15, 0.2) is 24.3 Å². The first-order valence-electron chi connectivity index (χ1n) is 9.85. The number of nitrogens with two attached hydrogens (primary N) is 1. The van der Waals surface area contributed by atoms with Gasteiger partial charge in [0.15, 0.2) is 0 Å². The minimum Gasteiger partial charge on any atom is -0.497 e. The summed E-state index contributed by atoms with van der Waals surface area (Å²) in [4.78, 5) is 28.8. The summed E-state index contributed by atoms with van der Waals surface area (Å²) in [7, 11) is 3.64. The summed E-state index contributed by atoms with van der Waals surface area (Å²) in [5, 5.41) is 0. The monoisotopic (exact) mass is 373 g/mol. The van der Waals surface area contributed by atoms with E-state index in [1.165, 1.54) is 0 Å². The number of piperidine rings is 2. The molecule has 27 heavy (non-hydrogen) atoms. The molecule has 2 saturated heterocycles. The largest absolute Gasteiger partial charge is 0.497 e. The minimum atomic E-state index is -0.225. The van der Waals surface area contributed by atoms with Crippen molar-refractivity contribution in [3.8, 4) is 5.75 Å². The summed E-state index contributed by atoms with van der Waals surface area (Å²) in [6, 6.07) is 7.66. The molecule has 0 bridgehead atoms. The zero-order valence-corrected chi connectivity index (χ0v) is 16.4. The van der Waals surface area contributed by atoms with E-state index in [-0.39, 0.29) is 23.3 Å². The molecule has 2 amide bonds. The Kier molecular flexibility index (Phi) is 6.05. The average Bonchev–Trinajstić information content (AvgIpc) is 2.66. The number of primary amides is 1. The first-order chi connectivity index (χ1) is 12.9. The molecule has 2 aliphatic heterocycles. The van der Waals surface area contributed by atoms with E-state index in [9.17, 15) is 9.59 Å². The van der Waals surface area contributed by atoms with Crippen LogP contribution in [0.2, 0.25) is 0 Å². The molecule has 0 radical (unpaired) electrons. The SMILES string of the molecule is COc1ccc(CCC(=O)N2CCC3(CCCN(C)C3C(N)=O)CC2)cc1. The Morgan fingerprint density at radius 2 is 1.81 bits per heavy atom. The fourth-order valence-corrected chi connectivity index (χ4v) is 4.86. The second-order valence-electron chi connectivity index (χ2n) is 7.98. The second kappa shape index (κ2) is 8.30. The van der Waals surface area contributed by atoms with Crippen molar-refractivity contribution in [3.63, 3.8) is 0 Å². The summed E-state index contributed by atoms with van der Waals surface area (Å²) < 4.78 is 5.17. The van der Waals surface area contributed by atoms with Crippen LogP contribution in [-0.4, -0.2) is 61.4 Å². The van der Waals surface area contributed by atoms with E-state index in [1.807, 2.05) is 36.2 Å². The van der Waals surface area contributed by atoms with Crippen molar-refractivity contribution in [1.82, 2.24) is 9.80 Å². The molecule has 1 unspecified atom stereocenters. The number of amides is 2. The number of hydrogen-bond donors (Lipinski definition) is 1. The van der Waals surface area contributed by atoms with Crippen LogP contribution in [-0.2, 0) is 16.0 Å². The molecule has 2 aliphatic rings. The number of rotatable bonds is 5. The molecule has 2 heterocycles. The number of carbonyl (C=O) groups is 2. The van der Waals surface area contributed by atoms with Crippen molar-refractivity contribution in [2.75, 3.05) is 33.8 Å². The van der Waals surface area contributed by atoms with E-state index >= 15 is 0 Å². The Labute approximate surface area is 161 Å². The highest BCUT2D eigenvalue weighted by Crippen LogP contribution is 2.44. The Bertz CT molecular complexity index is 666. The van der Waals surface area contributed by atoms with Gasteiger partial charge in [0.2, 0.25) is 11.8 Å². The number of nitrogens with zero attached hydrogens (tertiary/aromatic N) is 2. The quantitative estimate of drug-likeness (QED) is 0.854. The van der Waals surface area contributed by atoms with Gasteiger partial charge in [0.05, 0.1) is 13.2 Å². The Morgan fingerprint density at radius 1 is 1.15 bits per heavy atom. The van der Waals surface area contributed by atoms with Crippen LogP contribution in [0.25, 0.3) is 0 Å². The first kappa shape index (κ1) is 19.7. The lowest BCUT2D eigenvalue weighted by atomic mass is 9.66. The number of likely N-dealkylation sites (N-methyl/N-ethyl adjacent to an activating group) is 1. The third-order valence-electron chi connectivity index (χ3n) is 6.37. The maximum absolute atomic E-state index is 12.6. The highest BCUT2D eigenvalue weighted by Gasteiger charge is 2.48. The molecule has 0 saturated carbocycles. The van der Waals surface area contributed by atoms with Crippen molar-refractivity contribution in [1.29, 1.82) is 0 Å². The summed E-state index contributed by atoms with van der Waals surface area (Å²) in [5.41, 5.74) is 6.80. The molecule has 1 aromatic carbocycles. The van der Waals surface area contributed by atoms with Crippen LogP contribution in [0.5, 0.6) is 5.75 Å². The van der Waals surface area contributed by atoms with E-state index in [2.05, 4.69) is 4.90 Å². The van der Waals surface area contributed by atoms with Crippen LogP contribution in [0.1, 0.15) is 37.7 Å². The van der Waals surface area contributed by atoms with Gasteiger partial charge in [-0.05, 0) is 68.8 Å².